The average molecular weight is 291 g/mol. The summed E-state index contributed by atoms with van der Waals surface area (Å²) < 4.78 is 5.31. The molecule has 0 aromatic carbocycles. The van der Waals surface area contributed by atoms with Crippen LogP contribution in [0, 0.1) is 11.8 Å². The molecule has 2 fully saturated rings. The maximum Gasteiger partial charge on any atom is 0.106 e. The minimum Gasteiger partial charge on any atom is -0.384 e. The van der Waals surface area contributed by atoms with Crippen LogP contribution in [0.2, 0.25) is 0 Å². The highest BCUT2D eigenvalue weighted by molar-refractivity contribution is 5.02. The van der Waals surface area contributed by atoms with Crippen LogP contribution >= 0.6 is 0 Å². The van der Waals surface area contributed by atoms with Gasteiger partial charge in [0, 0.05) is 38.5 Å². The Morgan fingerprint density at radius 1 is 1.24 bits per heavy atom. The van der Waals surface area contributed by atoms with Crippen molar-refractivity contribution in [1.29, 1.82) is 0 Å². The zero-order valence-electron chi connectivity index (χ0n) is 13.3. The van der Waals surface area contributed by atoms with Crippen molar-refractivity contribution in [2.24, 2.45) is 11.8 Å². The number of nitrogens with one attached hydrogen (secondary N) is 1. The molecule has 3 rings (SSSR count). The van der Waals surface area contributed by atoms with Crippen molar-refractivity contribution in [2.75, 3.05) is 26.8 Å². The van der Waals surface area contributed by atoms with E-state index < -0.39 is 0 Å². The van der Waals surface area contributed by atoms with Gasteiger partial charge in [-0.2, -0.15) is 0 Å². The molecule has 1 saturated heterocycles. The van der Waals surface area contributed by atoms with E-state index in [1.807, 2.05) is 13.3 Å². The van der Waals surface area contributed by atoms with Crippen LogP contribution in [-0.2, 0) is 17.7 Å². The first-order chi connectivity index (χ1) is 10.3. The van der Waals surface area contributed by atoms with Crippen molar-refractivity contribution in [3.63, 3.8) is 0 Å². The zero-order chi connectivity index (χ0) is 14.5. The fourth-order valence-corrected chi connectivity index (χ4v) is 3.99. The van der Waals surface area contributed by atoms with Crippen LogP contribution in [-0.4, -0.2) is 41.7 Å². The molecule has 0 bridgehead atoms. The molecule has 0 spiro atoms. The molecular weight excluding hydrogens is 262 g/mol. The lowest BCUT2D eigenvalue weighted by Gasteiger charge is -2.31. The number of likely N-dealkylation sites (tertiary alicyclic amines) is 1. The van der Waals surface area contributed by atoms with Crippen molar-refractivity contribution in [3.05, 3.63) is 17.7 Å². The van der Waals surface area contributed by atoms with Gasteiger partial charge in [-0.1, -0.05) is 25.7 Å². The molecular formula is C17H29N3O. The molecule has 2 aliphatic rings. The summed E-state index contributed by atoms with van der Waals surface area (Å²) in [5, 5.41) is 0. The van der Waals surface area contributed by atoms with E-state index in [-0.39, 0.29) is 0 Å². The predicted molar refractivity (Wildman–Crippen MR) is 84.1 cm³/mol. The van der Waals surface area contributed by atoms with Crippen LogP contribution in [0.4, 0.5) is 0 Å². The summed E-state index contributed by atoms with van der Waals surface area (Å²) in [4.78, 5) is 10.7. The maximum absolute atomic E-state index is 5.31. The SMILES string of the molecule is COCC1CCCN(Cc2cnc(CC3CCCC3)[nH]2)C1. The number of aromatic amines is 1. The molecule has 1 aliphatic carbocycles. The summed E-state index contributed by atoms with van der Waals surface area (Å²) in [6.45, 7) is 4.27. The van der Waals surface area contributed by atoms with E-state index in [1.54, 1.807) is 0 Å². The minimum atomic E-state index is 0.699. The normalized spacial score (nSPS) is 24.7. The summed E-state index contributed by atoms with van der Waals surface area (Å²) in [6, 6.07) is 0. The molecule has 1 N–H and O–H groups in total. The Morgan fingerprint density at radius 2 is 2.05 bits per heavy atom. The second kappa shape index (κ2) is 7.41. The van der Waals surface area contributed by atoms with Gasteiger partial charge in [0.25, 0.3) is 0 Å². The zero-order valence-corrected chi connectivity index (χ0v) is 13.3. The quantitative estimate of drug-likeness (QED) is 0.876. The van der Waals surface area contributed by atoms with E-state index in [9.17, 15) is 0 Å². The summed E-state index contributed by atoms with van der Waals surface area (Å²) in [5.74, 6) is 2.76. The Labute approximate surface area is 128 Å². The number of methoxy groups -OCH3 is 1. The monoisotopic (exact) mass is 291 g/mol. The van der Waals surface area contributed by atoms with Gasteiger partial charge in [0.05, 0.1) is 6.61 Å². The number of piperidine rings is 1. The number of ether oxygens (including phenoxy) is 1. The molecule has 0 amide bonds. The number of H-pyrrole nitrogens is 1. The smallest absolute Gasteiger partial charge is 0.106 e. The first kappa shape index (κ1) is 15.0. The van der Waals surface area contributed by atoms with Crippen LogP contribution in [0.3, 0.4) is 0 Å². The van der Waals surface area contributed by atoms with Crippen molar-refractivity contribution >= 4 is 0 Å². The van der Waals surface area contributed by atoms with E-state index in [0.717, 1.165) is 32.0 Å². The van der Waals surface area contributed by atoms with Gasteiger partial charge in [0.2, 0.25) is 0 Å². The number of hydrogen-bond acceptors (Lipinski definition) is 3. The van der Waals surface area contributed by atoms with Gasteiger partial charge in [-0.05, 0) is 31.2 Å². The third-order valence-corrected chi connectivity index (χ3v) is 5.04. The molecule has 1 aliphatic heterocycles. The number of aromatic nitrogens is 2. The minimum absolute atomic E-state index is 0.699. The first-order valence-corrected chi connectivity index (χ1v) is 8.57. The molecule has 4 heteroatoms. The second-order valence-corrected chi connectivity index (χ2v) is 6.91. The topological polar surface area (TPSA) is 41.1 Å². The number of rotatable bonds is 6. The number of hydrogen-bond donors (Lipinski definition) is 1. The van der Waals surface area contributed by atoms with Gasteiger partial charge in [-0.3, -0.25) is 4.90 Å². The highest BCUT2D eigenvalue weighted by Gasteiger charge is 2.21. The molecule has 1 aromatic rings. The van der Waals surface area contributed by atoms with E-state index in [4.69, 9.17) is 4.74 Å². The van der Waals surface area contributed by atoms with Gasteiger partial charge < -0.3 is 9.72 Å². The lowest BCUT2D eigenvalue weighted by Crippen LogP contribution is -2.36. The summed E-state index contributed by atoms with van der Waals surface area (Å²) in [7, 11) is 1.81. The lowest BCUT2D eigenvalue weighted by atomic mass is 9.99. The molecule has 1 atom stereocenters. The summed E-state index contributed by atoms with van der Waals surface area (Å²) >= 11 is 0. The lowest BCUT2D eigenvalue weighted by molar-refractivity contribution is 0.0868. The maximum atomic E-state index is 5.31. The molecule has 4 nitrogen and oxygen atoms in total. The van der Waals surface area contributed by atoms with E-state index in [0.29, 0.717) is 5.92 Å². The van der Waals surface area contributed by atoms with Gasteiger partial charge in [-0.25, -0.2) is 4.98 Å². The standard InChI is InChI=1S/C17H29N3O/c1-21-13-15-7-4-8-20(11-15)12-16-10-18-17(19-16)9-14-5-2-3-6-14/h10,14-15H,2-9,11-13H2,1H3,(H,18,19). The third kappa shape index (κ3) is 4.30. The van der Waals surface area contributed by atoms with Crippen molar-refractivity contribution in [2.45, 2.75) is 51.5 Å². The van der Waals surface area contributed by atoms with Crippen LogP contribution < -0.4 is 0 Å². The van der Waals surface area contributed by atoms with E-state index in [1.165, 1.54) is 56.6 Å². The van der Waals surface area contributed by atoms with Crippen LogP contribution in [0.15, 0.2) is 6.20 Å². The molecule has 21 heavy (non-hydrogen) atoms. The highest BCUT2D eigenvalue weighted by atomic mass is 16.5. The molecule has 1 unspecified atom stereocenters. The Morgan fingerprint density at radius 3 is 2.86 bits per heavy atom. The van der Waals surface area contributed by atoms with E-state index >= 15 is 0 Å². The first-order valence-electron chi connectivity index (χ1n) is 8.57. The Balaban J connectivity index is 1.49. The summed E-state index contributed by atoms with van der Waals surface area (Å²) in [5.41, 5.74) is 1.28. The fourth-order valence-electron chi connectivity index (χ4n) is 3.99. The number of imidazole rings is 1. The molecule has 0 radical (unpaired) electrons. The molecule has 2 heterocycles. The molecule has 1 saturated carbocycles. The number of nitrogens with zero attached hydrogens (tertiary/aromatic N) is 2. The molecule has 1 aromatic heterocycles. The Bertz CT molecular complexity index is 423. The Kier molecular flexibility index (Phi) is 5.31. The van der Waals surface area contributed by atoms with Crippen LogP contribution in [0.5, 0.6) is 0 Å². The fraction of sp³-hybridized carbons (Fsp3) is 0.824. The van der Waals surface area contributed by atoms with Gasteiger partial charge in [-0.15, -0.1) is 0 Å². The van der Waals surface area contributed by atoms with Gasteiger partial charge in [0.15, 0.2) is 0 Å². The van der Waals surface area contributed by atoms with Crippen LogP contribution in [0.1, 0.15) is 50.0 Å². The molecule has 118 valence electrons. The van der Waals surface area contributed by atoms with Crippen molar-refractivity contribution < 1.29 is 4.74 Å². The largest absolute Gasteiger partial charge is 0.384 e. The van der Waals surface area contributed by atoms with Crippen molar-refractivity contribution in [3.8, 4) is 0 Å². The van der Waals surface area contributed by atoms with E-state index in [2.05, 4.69) is 14.9 Å². The Hall–Kier alpha value is -0.870. The highest BCUT2D eigenvalue weighted by Crippen LogP contribution is 2.27. The third-order valence-electron chi connectivity index (χ3n) is 5.04. The van der Waals surface area contributed by atoms with Crippen LogP contribution in [0.25, 0.3) is 0 Å². The van der Waals surface area contributed by atoms with Gasteiger partial charge >= 0.3 is 0 Å². The average Bonchev–Trinajstić information content (AvgIpc) is 3.12. The second-order valence-electron chi connectivity index (χ2n) is 6.91. The predicted octanol–water partition coefficient (Wildman–Crippen LogP) is 3.00. The van der Waals surface area contributed by atoms with Gasteiger partial charge in [0.1, 0.15) is 5.82 Å². The summed E-state index contributed by atoms with van der Waals surface area (Å²) in [6.07, 6.45) is 11.4. The van der Waals surface area contributed by atoms with Crippen molar-refractivity contribution in [1.82, 2.24) is 14.9 Å².